The van der Waals surface area contributed by atoms with Gasteiger partial charge >= 0.3 is 0 Å². The predicted octanol–water partition coefficient (Wildman–Crippen LogP) is 2.27. The van der Waals surface area contributed by atoms with Crippen molar-refractivity contribution in [2.75, 3.05) is 24.5 Å². The molecule has 2 saturated heterocycles. The highest BCUT2D eigenvalue weighted by Crippen LogP contribution is 2.29. The molecule has 1 aromatic rings. The topological polar surface area (TPSA) is 49.6 Å². The van der Waals surface area contributed by atoms with E-state index in [1.165, 1.54) is 19.4 Å². The summed E-state index contributed by atoms with van der Waals surface area (Å²) in [5.74, 6) is 0. The van der Waals surface area contributed by atoms with Gasteiger partial charge in [-0.05, 0) is 38.4 Å². The summed E-state index contributed by atoms with van der Waals surface area (Å²) in [6.07, 6.45) is 2.57. The van der Waals surface area contributed by atoms with Gasteiger partial charge in [0.2, 0.25) is 0 Å². The molecule has 0 radical (unpaired) electrons. The molecule has 0 N–H and O–H groups in total. The van der Waals surface area contributed by atoms with Gasteiger partial charge < -0.3 is 4.90 Å². The first kappa shape index (κ1) is 12.4. The number of non-ortho nitro benzene ring substituents is 1. The van der Waals surface area contributed by atoms with Crippen molar-refractivity contribution in [3.05, 3.63) is 34.4 Å². The minimum atomic E-state index is -0.345. The van der Waals surface area contributed by atoms with Gasteiger partial charge in [0.05, 0.1) is 4.92 Å². The minimum Gasteiger partial charge on any atom is -0.366 e. The SMILES string of the molecule is CC1CN2CCCC2CN1c1ccc([N+](=O)[O-])cc1. The molecule has 0 amide bonds. The van der Waals surface area contributed by atoms with Crippen molar-refractivity contribution in [3.63, 3.8) is 0 Å². The van der Waals surface area contributed by atoms with E-state index in [-0.39, 0.29) is 10.6 Å². The molecule has 102 valence electrons. The average molecular weight is 261 g/mol. The van der Waals surface area contributed by atoms with Crippen LogP contribution in [0.5, 0.6) is 0 Å². The second-order valence-electron chi connectivity index (χ2n) is 5.57. The lowest BCUT2D eigenvalue weighted by molar-refractivity contribution is -0.384. The van der Waals surface area contributed by atoms with Gasteiger partial charge in [-0.3, -0.25) is 15.0 Å². The van der Waals surface area contributed by atoms with Gasteiger partial charge in [-0.15, -0.1) is 0 Å². The van der Waals surface area contributed by atoms with Gasteiger partial charge in [0.1, 0.15) is 0 Å². The number of hydrogen-bond donors (Lipinski definition) is 0. The first-order chi connectivity index (χ1) is 9.15. The van der Waals surface area contributed by atoms with Gasteiger partial charge in [-0.1, -0.05) is 0 Å². The Kier molecular flexibility index (Phi) is 3.14. The van der Waals surface area contributed by atoms with E-state index in [0.29, 0.717) is 12.1 Å². The summed E-state index contributed by atoms with van der Waals surface area (Å²) in [6.45, 7) is 5.60. The zero-order valence-corrected chi connectivity index (χ0v) is 11.2. The van der Waals surface area contributed by atoms with Crippen molar-refractivity contribution in [1.82, 2.24) is 4.90 Å². The quantitative estimate of drug-likeness (QED) is 0.605. The summed E-state index contributed by atoms with van der Waals surface area (Å²) in [4.78, 5) is 15.3. The van der Waals surface area contributed by atoms with Gasteiger partial charge in [-0.25, -0.2) is 0 Å². The molecule has 5 heteroatoms. The zero-order chi connectivity index (χ0) is 13.4. The fourth-order valence-electron chi connectivity index (χ4n) is 3.31. The fraction of sp³-hybridized carbons (Fsp3) is 0.571. The van der Waals surface area contributed by atoms with Crippen LogP contribution in [-0.2, 0) is 0 Å². The third kappa shape index (κ3) is 2.30. The van der Waals surface area contributed by atoms with Crippen LogP contribution in [0.2, 0.25) is 0 Å². The lowest BCUT2D eigenvalue weighted by Gasteiger charge is -2.43. The Morgan fingerprint density at radius 3 is 2.68 bits per heavy atom. The van der Waals surface area contributed by atoms with Crippen molar-refractivity contribution in [3.8, 4) is 0 Å². The molecule has 0 aromatic heterocycles. The van der Waals surface area contributed by atoms with Crippen LogP contribution in [0.3, 0.4) is 0 Å². The van der Waals surface area contributed by atoms with Gasteiger partial charge in [0.15, 0.2) is 0 Å². The number of rotatable bonds is 2. The first-order valence-corrected chi connectivity index (χ1v) is 6.90. The smallest absolute Gasteiger partial charge is 0.269 e. The van der Waals surface area contributed by atoms with Crippen LogP contribution in [0, 0.1) is 10.1 Å². The molecule has 2 aliphatic rings. The maximum atomic E-state index is 10.7. The van der Waals surface area contributed by atoms with Crippen molar-refractivity contribution in [1.29, 1.82) is 0 Å². The van der Waals surface area contributed by atoms with E-state index < -0.39 is 0 Å². The molecule has 2 unspecified atom stereocenters. The molecule has 0 spiro atoms. The largest absolute Gasteiger partial charge is 0.366 e. The standard InChI is InChI=1S/C14H19N3O2/c1-11-9-15-8-2-3-14(15)10-16(11)12-4-6-13(7-5-12)17(18)19/h4-7,11,14H,2-3,8-10H2,1H3. The van der Waals surface area contributed by atoms with Crippen LogP contribution in [0.15, 0.2) is 24.3 Å². The molecule has 3 rings (SSSR count). The van der Waals surface area contributed by atoms with E-state index in [2.05, 4.69) is 16.7 Å². The molecule has 1 aromatic carbocycles. The van der Waals surface area contributed by atoms with E-state index in [1.807, 2.05) is 12.1 Å². The first-order valence-electron chi connectivity index (χ1n) is 6.90. The summed E-state index contributed by atoms with van der Waals surface area (Å²) in [5, 5.41) is 10.7. The molecule has 0 bridgehead atoms. The van der Waals surface area contributed by atoms with E-state index in [0.717, 1.165) is 18.8 Å². The fourth-order valence-corrected chi connectivity index (χ4v) is 3.31. The van der Waals surface area contributed by atoms with E-state index in [4.69, 9.17) is 0 Å². The van der Waals surface area contributed by atoms with Crippen molar-refractivity contribution < 1.29 is 4.92 Å². The molecule has 5 nitrogen and oxygen atoms in total. The molecule has 2 heterocycles. The summed E-state index contributed by atoms with van der Waals surface area (Å²) in [7, 11) is 0. The Balaban J connectivity index is 1.79. The Bertz CT molecular complexity index is 474. The Morgan fingerprint density at radius 1 is 1.26 bits per heavy atom. The van der Waals surface area contributed by atoms with Crippen LogP contribution in [-0.4, -0.2) is 41.5 Å². The monoisotopic (exact) mass is 261 g/mol. The van der Waals surface area contributed by atoms with E-state index in [9.17, 15) is 10.1 Å². The van der Waals surface area contributed by atoms with E-state index in [1.54, 1.807) is 12.1 Å². The Hall–Kier alpha value is -1.62. The lowest BCUT2D eigenvalue weighted by atomic mass is 10.1. The summed E-state index contributed by atoms with van der Waals surface area (Å²) >= 11 is 0. The van der Waals surface area contributed by atoms with Gasteiger partial charge in [-0.2, -0.15) is 0 Å². The van der Waals surface area contributed by atoms with Crippen LogP contribution < -0.4 is 4.90 Å². The number of hydrogen-bond acceptors (Lipinski definition) is 4. The molecule has 2 aliphatic heterocycles. The Labute approximate surface area is 113 Å². The number of fused-ring (bicyclic) bond motifs is 1. The molecule has 0 saturated carbocycles. The van der Waals surface area contributed by atoms with E-state index >= 15 is 0 Å². The lowest BCUT2D eigenvalue weighted by Crippen LogP contribution is -2.55. The summed E-state index contributed by atoms with van der Waals surface area (Å²) < 4.78 is 0. The number of nitro benzene ring substituents is 1. The maximum absolute atomic E-state index is 10.7. The highest BCUT2D eigenvalue weighted by atomic mass is 16.6. The maximum Gasteiger partial charge on any atom is 0.269 e. The normalized spacial score (nSPS) is 27.3. The third-order valence-electron chi connectivity index (χ3n) is 4.33. The second-order valence-corrected chi connectivity index (χ2v) is 5.57. The molecule has 19 heavy (non-hydrogen) atoms. The van der Waals surface area contributed by atoms with Crippen molar-refractivity contribution in [2.45, 2.75) is 31.8 Å². The number of nitro groups is 1. The second kappa shape index (κ2) is 4.81. The highest BCUT2D eigenvalue weighted by molar-refractivity contribution is 5.52. The van der Waals surface area contributed by atoms with Crippen LogP contribution in [0.1, 0.15) is 19.8 Å². The summed E-state index contributed by atoms with van der Waals surface area (Å²) in [6, 6.07) is 8.08. The number of piperazine rings is 1. The number of benzene rings is 1. The minimum absolute atomic E-state index is 0.163. The molecule has 2 atom stereocenters. The molecular formula is C14H19N3O2. The van der Waals surface area contributed by atoms with Crippen LogP contribution >= 0.6 is 0 Å². The Morgan fingerprint density at radius 2 is 2.00 bits per heavy atom. The molecule has 2 fully saturated rings. The van der Waals surface area contributed by atoms with Crippen molar-refractivity contribution in [2.24, 2.45) is 0 Å². The molecular weight excluding hydrogens is 242 g/mol. The number of nitrogens with zero attached hydrogens (tertiary/aromatic N) is 3. The molecule has 0 aliphatic carbocycles. The van der Waals surface area contributed by atoms with Crippen LogP contribution in [0.4, 0.5) is 11.4 Å². The predicted molar refractivity (Wildman–Crippen MR) is 74.5 cm³/mol. The van der Waals surface area contributed by atoms with Gasteiger partial charge in [0, 0.05) is 43.0 Å². The third-order valence-corrected chi connectivity index (χ3v) is 4.33. The number of anilines is 1. The van der Waals surface area contributed by atoms with Gasteiger partial charge in [0.25, 0.3) is 5.69 Å². The highest BCUT2D eigenvalue weighted by Gasteiger charge is 2.34. The van der Waals surface area contributed by atoms with Crippen molar-refractivity contribution >= 4 is 11.4 Å². The average Bonchev–Trinajstić information content (AvgIpc) is 2.85. The zero-order valence-electron chi connectivity index (χ0n) is 11.2. The van der Waals surface area contributed by atoms with Crippen LogP contribution in [0.25, 0.3) is 0 Å². The summed E-state index contributed by atoms with van der Waals surface area (Å²) in [5.41, 5.74) is 1.26.